The minimum atomic E-state index is -3.70. The van der Waals surface area contributed by atoms with Gasteiger partial charge in [0.25, 0.3) is 5.89 Å². The molecule has 118 valence electrons. The number of sulfone groups is 1. The molecule has 0 saturated heterocycles. The van der Waals surface area contributed by atoms with Crippen molar-refractivity contribution in [1.82, 2.24) is 15.5 Å². The molecule has 0 aliphatic rings. The van der Waals surface area contributed by atoms with E-state index in [2.05, 4.69) is 15.5 Å². The number of hydrogen-bond donors (Lipinski definition) is 1. The van der Waals surface area contributed by atoms with Crippen LogP contribution in [0.4, 0.5) is 0 Å². The molecule has 22 heavy (non-hydrogen) atoms. The average molecular weight is 323 g/mol. The van der Waals surface area contributed by atoms with Crippen molar-refractivity contribution in [3.8, 4) is 11.5 Å². The van der Waals surface area contributed by atoms with Crippen LogP contribution in [0.3, 0.4) is 0 Å². The molecule has 2 aromatic rings. The minimum absolute atomic E-state index is 0.0336. The molecular formula is C14H17N3O4S. The van der Waals surface area contributed by atoms with Crippen LogP contribution in [0, 0.1) is 6.92 Å². The van der Waals surface area contributed by atoms with Crippen LogP contribution in [-0.2, 0) is 20.4 Å². The smallest absolute Gasteiger partial charge is 0.257 e. The topological polar surface area (TPSA) is 102 Å². The van der Waals surface area contributed by atoms with Crippen LogP contribution in [0.2, 0.25) is 0 Å². The van der Waals surface area contributed by atoms with Gasteiger partial charge >= 0.3 is 0 Å². The van der Waals surface area contributed by atoms with Gasteiger partial charge in [-0.25, -0.2) is 8.42 Å². The summed E-state index contributed by atoms with van der Waals surface area (Å²) in [5, 5.41) is 4.81. The highest BCUT2D eigenvalue weighted by molar-refractivity contribution is 7.92. The molecule has 1 aromatic carbocycles. The van der Waals surface area contributed by atoms with E-state index in [0.717, 1.165) is 5.56 Å². The molecule has 0 radical (unpaired) electrons. The lowest BCUT2D eigenvalue weighted by atomic mass is 10.1. The van der Waals surface area contributed by atoms with Crippen molar-refractivity contribution in [1.29, 1.82) is 0 Å². The Bertz CT molecular complexity index is 766. The minimum Gasteiger partial charge on any atom is -0.358 e. The highest BCUT2D eigenvalue weighted by atomic mass is 32.2. The van der Waals surface area contributed by atoms with E-state index in [4.69, 9.17) is 4.52 Å². The van der Waals surface area contributed by atoms with E-state index in [9.17, 15) is 13.2 Å². The van der Waals surface area contributed by atoms with Gasteiger partial charge in [0.2, 0.25) is 5.91 Å². The Morgan fingerprint density at radius 3 is 2.55 bits per heavy atom. The summed E-state index contributed by atoms with van der Waals surface area (Å²) in [6, 6.07) is 7.41. The number of carbonyl (C=O) groups excluding carboxylic acids is 1. The summed E-state index contributed by atoms with van der Waals surface area (Å²) in [5.74, 6) is -0.733. The molecule has 0 aliphatic heterocycles. The van der Waals surface area contributed by atoms with Crippen LogP contribution >= 0.6 is 0 Å². The Kier molecular flexibility index (Phi) is 4.60. The molecule has 7 nitrogen and oxygen atoms in total. The van der Waals surface area contributed by atoms with E-state index in [1.54, 1.807) is 0 Å². The van der Waals surface area contributed by atoms with Crippen molar-refractivity contribution < 1.29 is 17.7 Å². The molecular weight excluding hydrogens is 306 g/mol. The molecule has 1 N–H and O–H groups in total. The molecule has 8 heteroatoms. The third-order valence-electron chi connectivity index (χ3n) is 3.25. The van der Waals surface area contributed by atoms with Gasteiger partial charge in [0.1, 0.15) is 11.0 Å². The van der Waals surface area contributed by atoms with Crippen molar-refractivity contribution in [2.45, 2.75) is 24.9 Å². The predicted molar refractivity (Wildman–Crippen MR) is 80.6 cm³/mol. The van der Waals surface area contributed by atoms with E-state index >= 15 is 0 Å². The zero-order chi connectivity index (χ0) is 16.3. The van der Waals surface area contributed by atoms with Gasteiger partial charge in [0.05, 0.1) is 0 Å². The van der Waals surface area contributed by atoms with Crippen molar-refractivity contribution in [3.05, 3.63) is 35.7 Å². The second-order valence-corrected chi connectivity index (χ2v) is 7.27. The Labute approximate surface area is 128 Å². The molecule has 1 heterocycles. The number of aryl methyl sites for hydroxylation is 1. The van der Waals surface area contributed by atoms with Gasteiger partial charge in [-0.1, -0.05) is 22.9 Å². The third-order valence-corrected chi connectivity index (χ3v) is 5.20. The fourth-order valence-corrected chi connectivity index (χ4v) is 2.97. The Hall–Kier alpha value is -2.22. The second-order valence-electron chi connectivity index (χ2n) is 4.95. The van der Waals surface area contributed by atoms with Crippen LogP contribution in [0.1, 0.15) is 18.3 Å². The summed E-state index contributed by atoms with van der Waals surface area (Å²) in [4.78, 5) is 15.5. The van der Waals surface area contributed by atoms with Crippen molar-refractivity contribution in [2.75, 3.05) is 7.05 Å². The molecule has 2 rings (SSSR count). The zero-order valence-corrected chi connectivity index (χ0v) is 13.3. The first kappa shape index (κ1) is 16.2. The molecule has 1 atom stereocenters. The summed E-state index contributed by atoms with van der Waals surface area (Å²) < 4.78 is 29.3. The van der Waals surface area contributed by atoms with Gasteiger partial charge in [-0.15, -0.1) is 0 Å². The van der Waals surface area contributed by atoms with Gasteiger partial charge in [0.15, 0.2) is 15.7 Å². The van der Waals surface area contributed by atoms with Crippen LogP contribution in [0.25, 0.3) is 11.5 Å². The third kappa shape index (κ3) is 3.51. The number of aromatic nitrogens is 2. The van der Waals surface area contributed by atoms with Crippen molar-refractivity contribution in [3.63, 3.8) is 0 Å². The maximum atomic E-state index is 12.1. The normalized spacial score (nSPS) is 12.9. The SMILES string of the molecule is CNC(=O)[C@@H](C)S(=O)(=O)Cc1noc(-c2ccc(C)cc2)n1. The molecule has 0 bridgehead atoms. The van der Waals surface area contributed by atoms with Crippen LogP contribution in [0.5, 0.6) is 0 Å². The lowest BCUT2D eigenvalue weighted by molar-refractivity contribution is -0.119. The zero-order valence-electron chi connectivity index (χ0n) is 12.5. The summed E-state index contributed by atoms with van der Waals surface area (Å²) in [5.41, 5.74) is 1.80. The van der Waals surface area contributed by atoms with E-state index in [1.165, 1.54) is 14.0 Å². The highest BCUT2D eigenvalue weighted by Gasteiger charge is 2.29. The molecule has 0 spiro atoms. The first-order chi connectivity index (χ1) is 10.3. The molecule has 0 unspecified atom stereocenters. The molecule has 0 fully saturated rings. The first-order valence-electron chi connectivity index (χ1n) is 6.66. The number of hydrogen-bond acceptors (Lipinski definition) is 6. The van der Waals surface area contributed by atoms with Crippen LogP contribution < -0.4 is 5.32 Å². The van der Waals surface area contributed by atoms with Crippen LogP contribution in [-0.4, -0.2) is 36.8 Å². The molecule has 1 amide bonds. The average Bonchev–Trinajstić information content (AvgIpc) is 2.94. The number of amides is 1. The molecule has 0 saturated carbocycles. The summed E-state index contributed by atoms with van der Waals surface area (Å²) >= 11 is 0. The summed E-state index contributed by atoms with van der Waals surface area (Å²) in [7, 11) is -2.31. The van der Waals surface area contributed by atoms with Crippen molar-refractivity contribution >= 4 is 15.7 Å². The quantitative estimate of drug-likeness (QED) is 0.884. The lowest BCUT2D eigenvalue weighted by Crippen LogP contribution is -2.36. The largest absolute Gasteiger partial charge is 0.358 e. The number of benzene rings is 1. The number of nitrogens with one attached hydrogen (secondary N) is 1. The number of nitrogens with zero attached hydrogens (tertiary/aromatic N) is 2. The Morgan fingerprint density at radius 2 is 1.95 bits per heavy atom. The van der Waals surface area contributed by atoms with Gasteiger partial charge in [0, 0.05) is 12.6 Å². The monoisotopic (exact) mass is 323 g/mol. The highest BCUT2D eigenvalue weighted by Crippen LogP contribution is 2.19. The maximum absolute atomic E-state index is 12.1. The summed E-state index contributed by atoms with van der Waals surface area (Å²) in [6.45, 7) is 3.28. The fraction of sp³-hybridized carbons (Fsp3) is 0.357. The van der Waals surface area contributed by atoms with E-state index < -0.39 is 26.7 Å². The lowest BCUT2D eigenvalue weighted by Gasteiger charge is -2.09. The van der Waals surface area contributed by atoms with E-state index in [0.29, 0.717) is 5.56 Å². The van der Waals surface area contributed by atoms with Crippen molar-refractivity contribution in [2.24, 2.45) is 0 Å². The van der Waals surface area contributed by atoms with Gasteiger partial charge in [-0.3, -0.25) is 4.79 Å². The van der Waals surface area contributed by atoms with Gasteiger partial charge in [-0.2, -0.15) is 4.98 Å². The summed E-state index contributed by atoms with van der Waals surface area (Å²) in [6.07, 6.45) is 0. The Morgan fingerprint density at radius 1 is 1.32 bits per heavy atom. The number of rotatable bonds is 5. The maximum Gasteiger partial charge on any atom is 0.257 e. The Balaban J connectivity index is 2.18. The van der Waals surface area contributed by atoms with Crippen LogP contribution in [0.15, 0.2) is 28.8 Å². The standard InChI is InChI=1S/C14H17N3O4S/c1-9-4-6-11(7-5-9)14-16-12(17-21-14)8-22(19,20)10(2)13(18)15-3/h4-7,10H,8H2,1-3H3,(H,15,18)/t10-/m1/s1. The molecule has 1 aromatic heterocycles. The van der Waals surface area contributed by atoms with E-state index in [-0.39, 0.29) is 11.7 Å². The predicted octanol–water partition coefficient (Wildman–Crippen LogP) is 1.09. The van der Waals surface area contributed by atoms with Gasteiger partial charge < -0.3 is 9.84 Å². The first-order valence-corrected chi connectivity index (χ1v) is 8.38. The fourth-order valence-electron chi connectivity index (χ4n) is 1.80. The second kappa shape index (κ2) is 6.27. The molecule has 0 aliphatic carbocycles. The van der Waals surface area contributed by atoms with Gasteiger partial charge in [-0.05, 0) is 26.0 Å². The van der Waals surface area contributed by atoms with E-state index in [1.807, 2.05) is 31.2 Å². The number of carbonyl (C=O) groups is 1.